The molecule has 0 radical (unpaired) electrons. The van der Waals surface area contributed by atoms with Crippen molar-refractivity contribution in [3.63, 3.8) is 0 Å². The second-order valence-corrected chi connectivity index (χ2v) is 3.54. The Balaban J connectivity index is 2.67. The first-order valence-electron chi connectivity index (χ1n) is 4.49. The van der Waals surface area contributed by atoms with Crippen LogP contribution in [-0.4, -0.2) is 13.1 Å². The molecule has 0 aliphatic heterocycles. The Hall–Kier alpha value is -1.54. The van der Waals surface area contributed by atoms with Crippen LogP contribution in [0.2, 0.25) is 5.02 Å². The minimum Gasteiger partial charge on any atom is -0.465 e. The van der Waals surface area contributed by atoms with Crippen LogP contribution >= 0.6 is 11.6 Å². The third-order valence-electron chi connectivity index (χ3n) is 2.26. The molecular formula is C12H9ClO2. The molecule has 2 rings (SSSR count). The molecule has 0 heterocycles. The van der Waals surface area contributed by atoms with Gasteiger partial charge in [0.2, 0.25) is 0 Å². The van der Waals surface area contributed by atoms with Crippen molar-refractivity contribution in [3.8, 4) is 11.1 Å². The highest BCUT2D eigenvalue weighted by Gasteiger charge is 2.18. The first-order chi connectivity index (χ1) is 7.24. The summed E-state index contributed by atoms with van der Waals surface area (Å²) in [6, 6.07) is 11.0. The molecule has 0 unspecified atom stereocenters. The second-order valence-electron chi connectivity index (χ2n) is 3.14. The fraction of sp³-hybridized carbons (Fsp3) is 0.0833. The van der Waals surface area contributed by atoms with Gasteiger partial charge in [-0.1, -0.05) is 41.9 Å². The van der Waals surface area contributed by atoms with E-state index in [4.69, 9.17) is 16.3 Å². The Morgan fingerprint density at radius 3 is 2.53 bits per heavy atom. The van der Waals surface area contributed by atoms with Gasteiger partial charge in [-0.25, -0.2) is 4.79 Å². The van der Waals surface area contributed by atoms with Gasteiger partial charge < -0.3 is 4.74 Å². The average Bonchev–Trinajstić information content (AvgIpc) is 2.45. The molecule has 2 aliphatic carbocycles. The van der Waals surface area contributed by atoms with Crippen molar-refractivity contribution < 1.29 is 9.53 Å². The van der Waals surface area contributed by atoms with Gasteiger partial charge in [-0.05, 0) is 11.6 Å². The molecule has 0 fully saturated rings. The standard InChI is InChI=1S/C12H9ClO2/c1-15-12(14)10-7-11(13)9-6-4-2-3-5-8(9)10/h2-7H,1H3. The molecular weight excluding hydrogens is 212 g/mol. The van der Waals surface area contributed by atoms with Crippen LogP contribution in [0, 0.1) is 0 Å². The predicted octanol–water partition coefficient (Wildman–Crippen LogP) is 3.23. The summed E-state index contributed by atoms with van der Waals surface area (Å²) in [7, 11) is 1.36. The van der Waals surface area contributed by atoms with Crippen molar-refractivity contribution in [1.29, 1.82) is 0 Å². The zero-order valence-electron chi connectivity index (χ0n) is 8.16. The molecule has 0 aromatic heterocycles. The first kappa shape index (κ1) is 9.99. The summed E-state index contributed by atoms with van der Waals surface area (Å²) in [4.78, 5) is 11.5. The van der Waals surface area contributed by atoms with E-state index in [1.807, 2.05) is 30.3 Å². The molecule has 0 aromatic rings. The summed E-state index contributed by atoms with van der Waals surface area (Å²) < 4.78 is 4.69. The van der Waals surface area contributed by atoms with Gasteiger partial charge in [0.25, 0.3) is 0 Å². The summed E-state index contributed by atoms with van der Waals surface area (Å²) in [5.41, 5.74) is 2.19. The maximum absolute atomic E-state index is 11.5. The SMILES string of the molecule is COC(=O)c1cc(Cl)c2cccccc1-2. The lowest BCUT2D eigenvalue weighted by molar-refractivity contribution is 0.0602. The fourth-order valence-electron chi connectivity index (χ4n) is 1.55. The highest BCUT2D eigenvalue weighted by molar-refractivity contribution is 6.34. The van der Waals surface area contributed by atoms with Gasteiger partial charge in [-0.2, -0.15) is 0 Å². The number of ether oxygens (including phenoxy) is 1. The van der Waals surface area contributed by atoms with E-state index in [1.54, 1.807) is 6.07 Å². The molecule has 0 N–H and O–H groups in total. The van der Waals surface area contributed by atoms with Crippen LogP contribution in [-0.2, 0) is 4.74 Å². The molecule has 0 bridgehead atoms. The number of hydrogen-bond donors (Lipinski definition) is 0. The van der Waals surface area contributed by atoms with Gasteiger partial charge in [-0.15, -0.1) is 0 Å². The number of carbonyl (C=O) groups excluding carboxylic acids is 1. The Bertz CT molecular complexity index is 479. The lowest BCUT2D eigenvalue weighted by atomic mass is 10.1. The number of carbonyl (C=O) groups is 1. The lowest BCUT2D eigenvalue weighted by Gasteiger charge is -1.98. The molecule has 15 heavy (non-hydrogen) atoms. The molecule has 2 nitrogen and oxygen atoms in total. The average molecular weight is 221 g/mol. The Kier molecular flexibility index (Phi) is 2.60. The van der Waals surface area contributed by atoms with Crippen molar-refractivity contribution in [2.75, 3.05) is 7.11 Å². The Morgan fingerprint density at radius 1 is 1.20 bits per heavy atom. The van der Waals surface area contributed by atoms with E-state index in [-0.39, 0.29) is 5.97 Å². The van der Waals surface area contributed by atoms with E-state index in [2.05, 4.69) is 0 Å². The van der Waals surface area contributed by atoms with E-state index >= 15 is 0 Å². The van der Waals surface area contributed by atoms with E-state index in [0.717, 1.165) is 11.1 Å². The number of rotatable bonds is 1. The second kappa shape index (κ2) is 3.91. The summed E-state index contributed by atoms with van der Waals surface area (Å²) in [5, 5.41) is 0.571. The quantitative estimate of drug-likeness (QED) is 0.690. The highest BCUT2D eigenvalue weighted by atomic mass is 35.5. The third-order valence-corrected chi connectivity index (χ3v) is 2.57. The minimum atomic E-state index is -0.363. The van der Waals surface area contributed by atoms with Gasteiger partial charge in [0.05, 0.1) is 12.7 Å². The van der Waals surface area contributed by atoms with Crippen LogP contribution in [0.1, 0.15) is 10.4 Å². The molecule has 2 aliphatic rings. The van der Waals surface area contributed by atoms with E-state index in [9.17, 15) is 4.79 Å². The Labute approximate surface area is 92.8 Å². The van der Waals surface area contributed by atoms with Crippen molar-refractivity contribution in [2.24, 2.45) is 0 Å². The fourth-order valence-corrected chi connectivity index (χ4v) is 1.83. The first-order valence-corrected chi connectivity index (χ1v) is 4.87. The van der Waals surface area contributed by atoms with Crippen LogP contribution in [0.5, 0.6) is 0 Å². The molecule has 0 saturated carbocycles. The van der Waals surface area contributed by atoms with Crippen LogP contribution in [0.25, 0.3) is 11.1 Å². The zero-order valence-corrected chi connectivity index (χ0v) is 8.91. The topological polar surface area (TPSA) is 26.3 Å². The maximum atomic E-state index is 11.5. The van der Waals surface area contributed by atoms with E-state index < -0.39 is 0 Å². The van der Waals surface area contributed by atoms with Crippen LogP contribution in [0.4, 0.5) is 0 Å². The molecule has 0 atom stereocenters. The normalized spacial score (nSPS) is 10.3. The van der Waals surface area contributed by atoms with Crippen molar-refractivity contribution in [3.05, 3.63) is 47.0 Å². The molecule has 0 aromatic carbocycles. The van der Waals surface area contributed by atoms with Gasteiger partial charge in [0, 0.05) is 10.6 Å². The van der Waals surface area contributed by atoms with Gasteiger partial charge in [0.15, 0.2) is 0 Å². The summed E-state index contributed by atoms with van der Waals surface area (Å²) >= 11 is 6.03. The number of esters is 1. The monoisotopic (exact) mass is 220 g/mol. The number of hydrogen-bond acceptors (Lipinski definition) is 2. The van der Waals surface area contributed by atoms with Crippen LogP contribution < -0.4 is 0 Å². The van der Waals surface area contributed by atoms with E-state index in [1.165, 1.54) is 7.11 Å². The number of halogens is 1. The van der Waals surface area contributed by atoms with Crippen LogP contribution in [0.15, 0.2) is 36.4 Å². The Morgan fingerprint density at radius 2 is 1.87 bits per heavy atom. The largest absolute Gasteiger partial charge is 0.465 e. The van der Waals surface area contributed by atoms with E-state index in [0.29, 0.717) is 10.6 Å². The summed E-state index contributed by atoms with van der Waals surface area (Å²) in [6.45, 7) is 0. The van der Waals surface area contributed by atoms with Gasteiger partial charge in [0.1, 0.15) is 0 Å². The van der Waals surface area contributed by atoms with Crippen LogP contribution in [0.3, 0.4) is 0 Å². The third kappa shape index (κ3) is 1.68. The van der Waals surface area contributed by atoms with Crippen molar-refractivity contribution in [2.45, 2.75) is 0 Å². The predicted molar refractivity (Wildman–Crippen MR) is 59.4 cm³/mol. The molecule has 0 amide bonds. The summed E-state index contributed by atoms with van der Waals surface area (Å²) in [6.07, 6.45) is 0. The minimum absolute atomic E-state index is 0.363. The van der Waals surface area contributed by atoms with Gasteiger partial charge >= 0.3 is 5.97 Å². The molecule has 0 spiro atoms. The van der Waals surface area contributed by atoms with Crippen molar-refractivity contribution in [1.82, 2.24) is 0 Å². The smallest absolute Gasteiger partial charge is 0.338 e. The van der Waals surface area contributed by atoms with Crippen molar-refractivity contribution >= 4 is 17.6 Å². The lowest BCUT2D eigenvalue weighted by Crippen LogP contribution is -1.99. The number of methoxy groups -OCH3 is 1. The molecule has 0 saturated heterocycles. The molecule has 3 heteroatoms. The summed E-state index contributed by atoms with van der Waals surface area (Å²) in [5.74, 6) is -0.363. The number of fused-ring (bicyclic) bond motifs is 1. The highest BCUT2D eigenvalue weighted by Crippen LogP contribution is 2.35. The zero-order chi connectivity index (χ0) is 10.8. The maximum Gasteiger partial charge on any atom is 0.338 e. The van der Waals surface area contributed by atoms with Gasteiger partial charge in [-0.3, -0.25) is 0 Å². The molecule has 76 valence electrons.